The lowest BCUT2D eigenvalue weighted by atomic mass is 9.46. The Hall–Kier alpha value is -0.120. The molecule has 7 saturated carbocycles. The summed E-state index contributed by atoms with van der Waals surface area (Å²) in [6.07, 6.45) is 30.3. The van der Waals surface area contributed by atoms with Crippen molar-refractivity contribution in [3.05, 3.63) is 0 Å². The van der Waals surface area contributed by atoms with Crippen molar-refractivity contribution >= 4 is 0 Å². The summed E-state index contributed by atoms with van der Waals surface area (Å²) in [4.78, 5) is 0. The maximum absolute atomic E-state index is 4.41. The SMILES string of the molecule is C1CCC(NC23CC4CC(NC5CCCCC5)(C2)CC(NC2CCCCC2)(C4)C3)CC1. The molecular weight excluding hydrogens is 378 g/mol. The third-order valence-corrected chi connectivity index (χ3v) is 10.4. The van der Waals surface area contributed by atoms with Crippen molar-refractivity contribution in [1.29, 1.82) is 0 Å². The maximum Gasteiger partial charge on any atom is 0.0221 e. The Morgan fingerprint density at radius 2 is 0.677 bits per heavy atom. The van der Waals surface area contributed by atoms with Crippen molar-refractivity contribution in [2.24, 2.45) is 5.92 Å². The second kappa shape index (κ2) is 8.58. The fourth-order valence-electron chi connectivity index (χ4n) is 9.96. The molecule has 31 heavy (non-hydrogen) atoms. The average molecular weight is 428 g/mol. The molecule has 0 atom stereocenters. The Kier molecular flexibility index (Phi) is 5.93. The van der Waals surface area contributed by atoms with Crippen LogP contribution in [0.25, 0.3) is 0 Å². The van der Waals surface area contributed by atoms with E-state index in [0.29, 0.717) is 16.6 Å². The molecule has 0 spiro atoms. The maximum atomic E-state index is 4.41. The lowest BCUT2D eigenvalue weighted by Gasteiger charge is -2.68. The predicted molar refractivity (Wildman–Crippen MR) is 129 cm³/mol. The molecule has 7 rings (SSSR count). The van der Waals surface area contributed by atoms with Gasteiger partial charge in [0.2, 0.25) is 0 Å². The van der Waals surface area contributed by atoms with Gasteiger partial charge in [0.15, 0.2) is 0 Å². The van der Waals surface area contributed by atoms with Gasteiger partial charge in [-0.05, 0) is 83.0 Å². The van der Waals surface area contributed by atoms with Crippen molar-refractivity contribution in [2.75, 3.05) is 0 Å². The molecule has 0 aromatic carbocycles. The van der Waals surface area contributed by atoms with Crippen LogP contribution in [0.1, 0.15) is 135 Å². The van der Waals surface area contributed by atoms with Gasteiger partial charge in [0.25, 0.3) is 0 Å². The van der Waals surface area contributed by atoms with Crippen molar-refractivity contribution in [3.8, 4) is 0 Å². The molecule has 0 aromatic heterocycles. The molecule has 3 nitrogen and oxygen atoms in total. The van der Waals surface area contributed by atoms with Crippen molar-refractivity contribution in [3.63, 3.8) is 0 Å². The van der Waals surface area contributed by atoms with Crippen LogP contribution in [0, 0.1) is 5.92 Å². The first-order valence-electron chi connectivity index (χ1n) is 14.5. The lowest BCUT2D eigenvalue weighted by Crippen LogP contribution is -2.78. The quantitative estimate of drug-likeness (QED) is 0.489. The van der Waals surface area contributed by atoms with Gasteiger partial charge in [-0.15, -0.1) is 0 Å². The molecule has 0 aromatic rings. The molecule has 7 aliphatic rings. The van der Waals surface area contributed by atoms with Gasteiger partial charge in [-0.3, -0.25) is 0 Å². The molecule has 0 radical (unpaired) electrons. The number of hydrogen-bond acceptors (Lipinski definition) is 3. The molecular formula is C28H49N3. The van der Waals surface area contributed by atoms with Crippen LogP contribution in [0.3, 0.4) is 0 Å². The van der Waals surface area contributed by atoms with Gasteiger partial charge in [0, 0.05) is 34.7 Å². The van der Waals surface area contributed by atoms with Crippen molar-refractivity contribution < 1.29 is 0 Å². The van der Waals surface area contributed by atoms with Crippen molar-refractivity contribution in [1.82, 2.24) is 16.0 Å². The van der Waals surface area contributed by atoms with Gasteiger partial charge in [-0.1, -0.05) is 57.8 Å². The molecule has 3 N–H and O–H groups in total. The zero-order valence-electron chi connectivity index (χ0n) is 20.2. The summed E-state index contributed by atoms with van der Waals surface area (Å²) in [6.45, 7) is 0. The van der Waals surface area contributed by atoms with Crippen molar-refractivity contribution in [2.45, 2.75) is 170 Å². The van der Waals surface area contributed by atoms with E-state index in [9.17, 15) is 0 Å². The molecule has 0 aliphatic heterocycles. The first kappa shape index (κ1) is 21.4. The van der Waals surface area contributed by atoms with Gasteiger partial charge in [-0.25, -0.2) is 0 Å². The van der Waals surface area contributed by atoms with Gasteiger partial charge in [0.1, 0.15) is 0 Å². The molecule has 0 saturated heterocycles. The van der Waals surface area contributed by atoms with E-state index in [0.717, 1.165) is 24.0 Å². The summed E-state index contributed by atoms with van der Waals surface area (Å²) in [5.41, 5.74) is 1.22. The van der Waals surface area contributed by atoms with Crippen LogP contribution in [0.4, 0.5) is 0 Å². The Labute approximate surface area is 191 Å². The van der Waals surface area contributed by atoms with Gasteiger partial charge in [0.05, 0.1) is 0 Å². The minimum Gasteiger partial charge on any atom is -0.308 e. The molecule has 0 amide bonds. The van der Waals surface area contributed by atoms with E-state index >= 15 is 0 Å². The van der Waals surface area contributed by atoms with E-state index in [1.807, 2.05) is 0 Å². The minimum absolute atomic E-state index is 0.407. The summed E-state index contributed by atoms with van der Waals surface area (Å²) in [5, 5.41) is 13.2. The predicted octanol–water partition coefficient (Wildman–Crippen LogP) is 5.97. The first-order chi connectivity index (χ1) is 15.1. The molecule has 4 bridgehead atoms. The summed E-state index contributed by atoms with van der Waals surface area (Å²) >= 11 is 0. The van der Waals surface area contributed by atoms with Crippen LogP contribution in [-0.2, 0) is 0 Å². The van der Waals surface area contributed by atoms with E-state index in [-0.39, 0.29) is 0 Å². The highest BCUT2D eigenvalue weighted by Crippen LogP contribution is 2.60. The van der Waals surface area contributed by atoms with E-state index in [1.54, 1.807) is 0 Å². The standard InChI is InChI=1S/C28H49N3/c1-4-10-23(11-5-1)29-26-16-22-17-27(19-26,30-24-12-6-2-7-13-24)21-28(18-22,20-26)31-25-14-8-3-9-15-25/h22-25,29-31H,1-21H2. The number of nitrogens with one attached hydrogen (secondary N) is 3. The Bertz CT molecular complexity index is 520. The highest BCUT2D eigenvalue weighted by atomic mass is 15.2. The van der Waals surface area contributed by atoms with E-state index < -0.39 is 0 Å². The Morgan fingerprint density at radius 1 is 0.387 bits per heavy atom. The third kappa shape index (κ3) is 4.50. The zero-order valence-corrected chi connectivity index (χ0v) is 20.2. The second-order valence-corrected chi connectivity index (χ2v) is 13.3. The topological polar surface area (TPSA) is 36.1 Å². The molecule has 3 heteroatoms. The van der Waals surface area contributed by atoms with E-state index in [2.05, 4.69) is 16.0 Å². The Balaban J connectivity index is 1.26. The number of hydrogen-bond donors (Lipinski definition) is 3. The van der Waals surface area contributed by atoms with Gasteiger partial charge < -0.3 is 16.0 Å². The van der Waals surface area contributed by atoms with Crippen LogP contribution in [-0.4, -0.2) is 34.7 Å². The lowest BCUT2D eigenvalue weighted by molar-refractivity contribution is -0.0932. The fourth-order valence-corrected chi connectivity index (χ4v) is 9.96. The largest absolute Gasteiger partial charge is 0.308 e. The average Bonchev–Trinajstić information content (AvgIpc) is 2.74. The minimum atomic E-state index is 0.407. The van der Waals surface area contributed by atoms with Crippen LogP contribution in [0.5, 0.6) is 0 Å². The molecule has 7 fully saturated rings. The van der Waals surface area contributed by atoms with Crippen LogP contribution in [0.2, 0.25) is 0 Å². The Morgan fingerprint density at radius 3 is 0.968 bits per heavy atom. The van der Waals surface area contributed by atoms with E-state index in [1.165, 1.54) is 135 Å². The highest BCUT2D eigenvalue weighted by Gasteiger charge is 2.64. The highest BCUT2D eigenvalue weighted by molar-refractivity contribution is 5.24. The third-order valence-electron chi connectivity index (χ3n) is 10.4. The fraction of sp³-hybridized carbons (Fsp3) is 1.00. The molecule has 7 aliphatic carbocycles. The van der Waals surface area contributed by atoms with E-state index in [4.69, 9.17) is 0 Å². The second-order valence-electron chi connectivity index (χ2n) is 13.3. The first-order valence-corrected chi connectivity index (χ1v) is 14.5. The number of rotatable bonds is 6. The molecule has 0 heterocycles. The summed E-state index contributed by atoms with van der Waals surface area (Å²) < 4.78 is 0. The van der Waals surface area contributed by atoms with Crippen LogP contribution >= 0.6 is 0 Å². The van der Waals surface area contributed by atoms with Crippen LogP contribution in [0.15, 0.2) is 0 Å². The molecule has 0 unspecified atom stereocenters. The molecule has 176 valence electrons. The summed E-state index contributed by atoms with van der Waals surface area (Å²) in [5.74, 6) is 0.930. The monoisotopic (exact) mass is 427 g/mol. The summed E-state index contributed by atoms with van der Waals surface area (Å²) in [6, 6.07) is 2.38. The zero-order chi connectivity index (χ0) is 20.8. The van der Waals surface area contributed by atoms with Gasteiger partial charge >= 0.3 is 0 Å². The normalized spacial score (nSPS) is 44.7. The summed E-state index contributed by atoms with van der Waals surface area (Å²) in [7, 11) is 0. The smallest absolute Gasteiger partial charge is 0.0221 e. The van der Waals surface area contributed by atoms with Gasteiger partial charge in [-0.2, -0.15) is 0 Å². The van der Waals surface area contributed by atoms with Crippen LogP contribution < -0.4 is 16.0 Å².